The van der Waals surface area contributed by atoms with Crippen LogP contribution in [0, 0.1) is 23.1 Å². The number of nitriles is 1. The number of nitrogens with zero attached hydrogens (tertiary/aromatic N) is 5. The van der Waals surface area contributed by atoms with E-state index in [4.69, 9.17) is 9.47 Å². The third kappa shape index (κ3) is 5.38. The first-order valence-corrected chi connectivity index (χ1v) is 14.3. The molecule has 0 amide bonds. The predicted octanol–water partition coefficient (Wildman–Crippen LogP) is 5.60. The third-order valence-corrected chi connectivity index (χ3v) is 8.24. The number of pyridine rings is 1. The molecule has 0 saturated carbocycles. The van der Waals surface area contributed by atoms with Gasteiger partial charge in [0.1, 0.15) is 12.4 Å². The number of benzene rings is 2. The van der Waals surface area contributed by atoms with Gasteiger partial charge in [0.2, 0.25) is 0 Å². The van der Waals surface area contributed by atoms with Crippen LogP contribution < -0.4 is 15.0 Å². The molecule has 4 heterocycles. The Bertz CT molecular complexity index is 1700. The molecule has 0 spiro atoms. The lowest BCUT2D eigenvalue weighted by atomic mass is 9.96. The molecule has 0 aliphatic carbocycles. The number of aromatic nitrogens is 3. The van der Waals surface area contributed by atoms with Crippen LogP contribution in [0.25, 0.3) is 22.5 Å². The summed E-state index contributed by atoms with van der Waals surface area (Å²) in [5, 5.41) is 9.40. The topological polar surface area (TPSA) is 93.3 Å². The number of piperidine rings is 1. The van der Waals surface area contributed by atoms with Gasteiger partial charge < -0.3 is 14.4 Å². The Kier molecular flexibility index (Phi) is 7.72. The highest BCUT2D eigenvalue weighted by atomic mass is 19.1. The summed E-state index contributed by atoms with van der Waals surface area (Å²) in [5.74, 6) is 1.41. The van der Waals surface area contributed by atoms with Crippen molar-refractivity contribution in [2.75, 3.05) is 26.7 Å². The molecule has 2 aliphatic rings. The average Bonchev–Trinajstić information content (AvgIpc) is 3.03. The smallest absolute Gasteiger partial charge is 0.287 e. The lowest BCUT2D eigenvalue weighted by Gasteiger charge is -2.28. The zero-order valence-corrected chi connectivity index (χ0v) is 23.7. The molecule has 2 aliphatic heterocycles. The quantitative estimate of drug-likeness (QED) is 0.288. The molecule has 1 fully saturated rings. The van der Waals surface area contributed by atoms with Crippen molar-refractivity contribution in [3.05, 3.63) is 93.9 Å². The molecule has 0 radical (unpaired) electrons. The maximum Gasteiger partial charge on any atom is 0.287 e. The van der Waals surface area contributed by atoms with Gasteiger partial charge in [0.05, 0.1) is 42.4 Å². The number of likely N-dealkylation sites (tertiary alicyclic amines) is 1. The molecule has 0 N–H and O–H groups in total. The van der Waals surface area contributed by atoms with Crippen LogP contribution in [0.3, 0.4) is 0 Å². The van der Waals surface area contributed by atoms with E-state index in [0.29, 0.717) is 58.7 Å². The summed E-state index contributed by atoms with van der Waals surface area (Å²) < 4.78 is 28.6. The number of halogens is 1. The molecule has 1 unspecified atom stereocenters. The number of hydrogen-bond acceptors (Lipinski definition) is 7. The standard InChI is InChI=1S/C33H32FN5O3/c1-3-29(39-30-20-42-31-8-7-22(16-35)13-27(31)26(30)15-28(34)33(39)40)23-5-4-6-24(14-23)32-36-17-25(18-37-32)41-19-21-9-11-38(2)12-10-21/h4-8,13-15,17-18,21,29H,3,9-12,19-20H2,1-2H3. The molecule has 2 aromatic carbocycles. The van der Waals surface area contributed by atoms with Gasteiger partial charge in [-0.2, -0.15) is 5.26 Å². The second-order valence-corrected chi connectivity index (χ2v) is 11.0. The Morgan fingerprint density at radius 1 is 1.12 bits per heavy atom. The maximum atomic E-state index is 15.2. The van der Waals surface area contributed by atoms with E-state index >= 15 is 4.39 Å². The summed E-state index contributed by atoms with van der Waals surface area (Å²) in [6.07, 6.45) is 6.17. The highest BCUT2D eigenvalue weighted by Gasteiger charge is 2.27. The van der Waals surface area contributed by atoms with Crippen molar-refractivity contribution in [1.82, 2.24) is 19.4 Å². The third-order valence-electron chi connectivity index (χ3n) is 8.24. The van der Waals surface area contributed by atoms with Gasteiger partial charge in [0.25, 0.3) is 5.56 Å². The van der Waals surface area contributed by atoms with Crippen LogP contribution >= 0.6 is 0 Å². The van der Waals surface area contributed by atoms with Crippen molar-refractivity contribution in [2.45, 2.75) is 38.8 Å². The summed E-state index contributed by atoms with van der Waals surface area (Å²) in [7, 11) is 2.14. The molecular weight excluding hydrogens is 533 g/mol. The van der Waals surface area contributed by atoms with E-state index in [1.807, 2.05) is 31.2 Å². The highest BCUT2D eigenvalue weighted by molar-refractivity contribution is 5.75. The average molecular weight is 566 g/mol. The minimum absolute atomic E-state index is 0.113. The van der Waals surface area contributed by atoms with Gasteiger partial charge in [-0.25, -0.2) is 14.4 Å². The van der Waals surface area contributed by atoms with Crippen molar-refractivity contribution >= 4 is 0 Å². The SMILES string of the molecule is CCC(c1cccc(-c2ncc(OCC3CCN(C)CC3)cn2)c1)n1c2c(cc(F)c1=O)-c1cc(C#N)ccc1OC2. The largest absolute Gasteiger partial charge is 0.490 e. The number of hydrogen-bond donors (Lipinski definition) is 0. The van der Waals surface area contributed by atoms with Crippen molar-refractivity contribution in [2.24, 2.45) is 5.92 Å². The number of fused-ring (bicyclic) bond motifs is 3. The van der Waals surface area contributed by atoms with Crippen LogP contribution in [0.2, 0.25) is 0 Å². The normalized spacial score (nSPS) is 15.7. The van der Waals surface area contributed by atoms with Crippen LogP contribution in [0.5, 0.6) is 11.5 Å². The van der Waals surface area contributed by atoms with Crippen LogP contribution in [-0.2, 0) is 6.61 Å². The summed E-state index contributed by atoms with van der Waals surface area (Å²) in [6, 6.07) is 15.6. The zero-order valence-electron chi connectivity index (χ0n) is 23.7. The minimum atomic E-state index is -0.849. The van der Waals surface area contributed by atoms with Gasteiger partial charge in [0, 0.05) is 16.7 Å². The molecule has 214 valence electrons. The lowest BCUT2D eigenvalue weighted by molar-refractivity contribution is 0.159. The zero-order chi connectivity index (χ0) is 29.2. The molecule has 0 bridgehead atoms. The molecule has 1 atom stereocenters. The Morgan fingerprint density at radius 2 is 1.90 bits per heavy atom. The molecule has 9 heteroatoms. The first-order chi connectivity index (χ1) is 20.4. The van der Waals surface area contributed by atoms with Crippen molar-refractivity contribution in [1.29, 1.82) is 5.26 Å². The second-order valence-electron chi connectivity index (χ2n) is 11.0. The van der Waals surface area contributed by atoms with E-state index < -0.39 is 17.4 Å². The molecule has 8 nitrogen and oxygen atoms in total. The number of ether oxygens (including phenoxy) is 2. The minimum Gasteiger partial charge on any atom is -0.490 e. The van der Waals surface area contributed by atoms with Crippen LogP contribution in [0.4, 0.5) is 4.39 Å². The molecule has 1 saturated heterocycles. The van der Waals surface area contributed by atoms with Crippen LogP contribution in [-0.4, -0.2) is 46.2 Å². The Balaban J connectivity index is 1.29. The van der Waals surface area contributed by atoms with Gasteiger partial charge in [-0.3, -0.25) is 9.36 Å². The van der Waals surface area contributed by atoms with Gasteiger partial charge in [0.15, 0.2) is 17.4 Å². The Labute approximate surface area is 244 Å². The van der Waals surface area contributed by atoms with Crippen molar-refractivity contribution in [3.63, 3.8) is 0 Å². The van der Waals surface area contributed by atoms with E-state index in [1.54, 1.807) is 30.6 Å². The molecule has 6 rings (SSSR count). The van der Waals surface area contributed by atoms with Gasteiger partial charge in [-0.1, -0.05) is 25.1 Å². The fourth-order valence-corrected chi connectivity index (χ4v) is 5.87. The number of rotatable bonds is 7. The van der Waals surface area contributed by atoms with Gasteiger partial charge in [-0.15, -0.1) is 0 Å². The van der Waals surface area contributed by atoms with E-state index in [-0.39, 0.29) is 6.61 Å². The predicted molar refractivity (Wildman–Crippen MR) is 157 cm³/mol. The van der Waals surface area contributed by atoms with E-state index in [0.717, 1.165) is 37.1 Å². The molecule has 4 aromatic rings. The maximum absolute atomic E-state index is 15.2. The summed E-state index contributed by atoms with van der Waals surface area (Å²) in [4.78, 5) is 24.7. The van der Waals surface area contributed by atoms with Crippen molar-refractivity contribution in [3.8, 4) is 40.1 Å². The Hall–Kier alpha value is -4.55. The Morgan fingerprint density at radius 3 is 2.64 bits per heavy atom. The van der Waals surface area contributed by atoms with Crippen LogP contribution in [0.15, 0.2) is 65.7 Å². The fourth-order valence-electron chi connectivity index (χ4n) is 5.87. The summed E-state index contributed by atoms with van der Waals surface area (Å²) in [6.45, 7) is 4.90. The molecule has 42 heavy (non-hydrogen) atoms. The van der Waals surface area contributed by atoms with Gasteiger partial charge in [-0.05, 0) is 81.2 Å². The second kappa shape index (κ2) is 11.7. The fraction of sp³-hybridized carbons (Fsp3) is 0.333. The van der Waals surface area contributed by atoms with E-state index in [9.17, 15) is 10.1 Å². The highest BCUT2D eigenvalue weighted by Crippen LogP contribution is 2.39. The first-order valence-electron chi connectivity index (χ1n) is 14.3. The first kappa shape index (κ1) is 27.6. The molecule has 2 aromatic heterocycles. The van der Waals surface area contributed by atoms with Gasteiger partial charge >= 0.3 is 0 Å². The molecular formula is C33H32FN5O3. The van der Waals surface area contributed by atoms with Crippen molar-refractivity contribution < 1.29 is 13.9 Å². The monoisotopic (exact) mass is 565 g/mol. The van der Waals surface area contributed by atoms with E-state index in [1.165, 1.54) is 10.6 Å². The van der Waals surface area contributed by atoms with Crippen LogP contribution in [0.1, 0.15) is 49.0 Å². The lowest BCUT2D eigenvalue weighted by Crippen LogP contribution is -2.32. The summed E-state index contributed by atoms with van der Waals surface area (Å²) in [5.41, 5.74) is 3.05. The summed E-state index contributed by atoms with van der Waals surface area (Å²) >= 11 is 0. The van der Waals surface area contributed by atoms with E-state index in [2.05, 4.69) is 28.0 Å².